The minimum atomic E-state index is 0.653. The Balaban J connectivity index is 2.20. The van der Waals surface area contributed by atoms with Gasteiger partial charge in [-0.2, -0.15) is 10.4 Å². The van der Waals surface area contributed by atoms with E-state index >= 15 is 0 Å². The first-order valence-electron chi connectivity index (χ1n) is 5.16. The summed E-state index contributed by atoms with van der Waals surface area (Å²) in [4.78, 5) is 0. The highest BCUT2D eigenvalue weighted by molar-refractivity contribution is 5.49. The molecule has 4 nitrogen and oxygen atoms in total. The van der Waals surface area contributed by atoms with E-state index in [9.17, 15) is 0 Å². The lowest BCUT2D eigenvalue weighted by Crippen LogP contribution is -2.08. The van der Waals surface area contributed by atoms with Gasteiger partial charge in [0.2, 0.25) is 0 Å². The van der Waals surface area contributed by atoms with Gasteiger partial charge in [0, 0.05) is 18.7 Å². The van der Waals surface area contributed by atoms with Crippen LogP contribution in [0.3, 0.4) is 0 Å². The molecule has 0 fully saturated rings. The van der Waals surface area contributed by atoms with Gasteiger partial charge in [0.05, 0.1) is 23.1 Å². The summed E-state index contributed by atoms with van der Waals surface area (Å²) in [6.45, 7) is 1.68. The SMILES string of the molecule is N#Cc1ccccc1-n1ncc2c1CNC2. The third-order valence-electron chi connectivity index (χ3n) is 2.82. The molecule has 0 radical (unpaired) electrons. The molecule has 0 bridgehead atoms. The highest BCUT2D eigenvalue weighted by Gasteiger charge is 2.18. The molecular formula is C12H10N4. The fraction of sp³-hybridized carbons (Fsp3) is 0.167. The van der Waals surface area contributed by atoms with Gasteiger partial charge in [-0.1, -0.05) is 12.1 Å². The molecule has 3 rings (SSSR count). The average Bonchev–Trinajstić information content (AvgIpc) is 2.91. The van der Waals surface area contributed by atoms with E-state index in [4.69, 9.17) is 5.26 Å². The standard InChI is InChI=1S/C12H10N4/c13-5-9-3-1-2-4-11(9)16-12-8-14-6-10(12)7-15-16/h1-4,7,14H,6,8H2. The summed E-state index contributed by atoms with van der Waals surface area (Å²) in [5.41, 5.74) is 3.88. The molecule has 4 heteroatoms. The number of para-hydroxylation sites is 1. The number of benzene rings is 1. The van der Waals surface area contributed by atoms with Gasteiger partial charge in [-0.15, -0.1) is 0 Å². The van der Waals surface area contributed by atoms with Crippen molar-refractivity contribution in [2.24, 2.45) is 0 Å². The second kappa shape index (κ2) is 3.47. The van der Waals surface area contributed by atoms with Crippen molar-refractivity contribution in [3.8, 4) is 11.8 Å². The third-order valence-corrected chi connectivity index (χ3v) is 2.82. The van der Waals surface area contributed by atoms with Crippen LogP contribution in [0.4, 0.5) is 0 Å². The van der Waals surface area contributed by atoms with Crippen molar-refractivity contribution >= 4 is 0 Å². The zero-order chi connectivity index (χ0) is 11.0. The lowest BCUT2D eigenvalue weighted by Gasteiger charge is -2.06. The lowest BCUT2D eigenvalue weighted by molar-refractivity contribution is 0.710. The zero-order valence-electron chi connectivity index (χ0n) is 8.64. The van der Waals surface area contributed by atoms with Gasteiger partial charge in [-0.05, 0) is 12.1 Å². The topological polar surface area (TPSA) is 53.6 Å². The molecular weight excluding hydrogens is 200 g/mol. The number of nitriles is 1. The Bertz CT molecular complexity index is 577. The number of hydrogen-bond donors (Lipinski definition) is 1. The summed E-state index contributed by atoms with van der Waals surface area (Å²) in [6.07, 6.45) is 1.86. The molecule has 1 aliphatic heterocycles. The quantitative estimate of drug-likeness (QED) is 0.773. The van der Waals surface area contributed by atoms with Crippen molar-refractivity contribution in [2.75, 3.05) is 0 Å². The van der Waals surface area contributed by atoms with Gasteiger partial charge < -0.3 is 5.32 Å². The molecule has 2 heterocycles. The maximum absolute atomic E-state index is 9.06. The predicted molar refractivity (Wildman–Crippen MR) is 58.8 cm³/mol. The summed E-state index contributed by atoms with van der Waals surface area (Å²) < 4.78 is 1.86. The molecule has 1 aromatic carbocycles. The van der Waals surface area contributed by atoms with E-state index in [1.54, 1.807) is 0 Å². The van der Waals surface area contributed by atoms with Crippen LogP contribution in [0.25, 0.3) is 5.69 Å². The maximum Gasteiger partial charge on any atom is 0.101 e. The summed E-state index contributed by atoms with van der Waals surface area (Å²) in [6, 6.07) is 9.71. The molecule has 0 aliphatic carbocycles. The van der Waals surface area contributed by atoms with Crippen LogP contribution in [0.5, 0.6) is 0 Å². The second-order valence-electron chi connectivity index (χ2n) is 3.76. The highest BCUT2D eigenvalue weighted by Crippen LogP contribution is 2.20. The average molecular weight is 210 g/mol. The van der Waals surface area contributed by atoms with E-state index in [1.807, 2.05) is 35.1 Å². The summed E-state index contributed by atoms with van der Waals surface area (Å²) in [5.74, 6) is 0. The number of nitrogens with one attached hydrogen (secondary N) is 1. The van der Waals surface area contributed by atoms with Crippen molar-refractivity contribution in [1.29, 1.82) is 5.26 Å². The Morgan fingerprint density at radius 3 is 3.06 bits per heavy atom. The van der Waals surface area contributed by atoms with Crippen molar-refractivity contribution in [3.05, 3.63) is 47.3 Å². The number of hydrogen-bond acceptors (Lipinski definition) is 3. The van der Waals surface area contributed by atoms with Crippen LogP contribution in [-0.2, 0) is 13.1 Å². The van der Waals surface area contributed by atoms with E-state index in [0.717, 1.165) is 24.5 Å². The van der Waals surface area contributed by atoms with E-state index in [0.29, 0.717) is 5.56 Å². The fourth-order valence-corrected chi connectivity index (χ4v) is 2.02. The predicted octanol–water partition coefficient (Wildman–Crippen LogP) is 1.35. The van der Waals surface area contributed by atoms with E-state index in [2.05, 4.69) is 16.5 Å². The van der Waals surface area contributed by atoms with Gasteiger partial charge >= 0.3 is 0 Å². The first-order chi connectivity index (χ1) is 7.90. The number of aromatic nitrogens is 2. The van der Waals surface area contributed by atoms with Gasteiger partial charge in [0.1, 0.15) is 6.07 Å². The molecule has 0 spiro atoms. The molecule has 0 atom stereocenters. The molecule has 1 N–H and O–H groups in total. The Morgan fingerprint density at radius 1 is 1.31 bits per heavy atom. The molecule has 0 saturated carbocycles. The van der Waals surface area contributed by atoms with E-state index in [1.165, 1.54) is 5.56 Å². The van der Waals surface area contributed by atoms with Crippen molar-refractivity contribution < 1.29 is 0 Å². The minimum absolute atomic E-state index is 0.653. The highest BCUT2D eigenvalue weighted by atomic mass is 15.3. The van der Waals surface area contributed by atoms with Crippen LogP contribution < -0.4 is 5.32 Å². The Morgan fingerprint density at radius 2 is 2.19 bits per heavy atom. The van der Waals surface area contributed by atoms with Crippen LogP contribution in [0.15, 0.2) is 30.5 Å². The molecule has 1 aliphatic rings. The first kappa shape index (κ1) is 9.13. The van der Waals surface area contributed by atoms with E-state index in [-0.39, 0.29) is 0 Å². The van der Waals surface area contributed by atoms with Crippen LogP contribution in [-0.4, -0.2) is 9.78 Å². The van der Waals surface area contributed by atoms with Gasteiger partial charge in [0.25, 0.3) is 0 Å². The van der Waals surface area contributed by atoms with Crippen molar-refractivity contribution in [3.63, 3.8) is 0 Å². The van der Waals surface area contributed by atoms with Gasteiger partial charge in [-0.3, -0.25) is 0 Å². The fourth-order valence-electron chi connectivity index (χ4n) is 2.02. The maximum atomic E-state index is 9.06. The number of nitrogens with zero attached hydrogens (tertiary/aromatic N) is 3. The van der Waals surface area contributed by atoms with Crippen LogP contribution in [0.1, 0.15) is 16.8 Å². The van der Waals surface area contributed by atoms with E-state index < -0.39 is 0 Å². The molecule has 0 saturated heterocycles. The smallest absolute Gasteiger partial charge is 0.101 e. The molecule has 2 aromatic rings. The van der Waals surface area contributed by atoms with Crippen LogP contribution in [0, 0.1) is 11.3 Å². The van der Waals surface area contributed by atoms with Gasteiger partial charge in [-0.25, -0.2) is 4.68 Å². The second-order valence-corrected chi connectivity index (χ2v) is 3.76. The van der Waals surface area contributed by atoms with Crippen LogP contribution in [0.2, 0.25) is 0 Å². The molecule has 78 valence electrons. The minimum Gasteiger partial charge on any atom is -0.307 e. The molecule has 1 aromatic heterocycles. The van der Waals surface area contributed by atoms with Gasteiger partial charge in [0.15, 0.2) is 0 Å². The van der Waals surface area contributed by atoms with Crippen LogP contribution >= 0.6 is 0 Å². The molecule has 0 amide bonds. The molecule has 0 unspecified atom stereocenters. The lowest BCUT2D eigenvalue weighted by atomic mass is 10.2. The third kappa shape index (κ3) is 1.23. The normalized spacial score (nSPS) is 13.4. The van der Waals surface area contributed by atoms with Crippen molar-refractivity contribution in [1.82, 2.24) is 15.1 Å². The zero-order valence-corrected chi connectivity index (χ0v) is 8.64. The summed E-state index contributed by atoms with van der Waals surface area (Å²) in [5, 5.41) is 16.7. The number of rotatable bonds is 1. The Kier molecular flexibility index (Phi) is 1.98. The monoisotopic (exact) mass is 210 g/mol. The largest absolute Gasteiger partial charge is 0.307 e. The summed E-state index contributed by atoms with van der Waals surface area (Å²) in [7, 11) is 0. The Labute approximate surface area is 93.1 Å². The number of fused-ring (bicyclic) bond motifs is 1. The van der Waals surface area contributed by atoms with Crippen molar-refractivity contribution in [2.45, 2.75) is 13.1 Å². The Hall–Kier alpha value is -2.12. The molecule has 16 heavy (non-hydrogen) atoms. The summed E-state index contributed by atoms with van der Waals surface area (Å²) >= 11 is 0. The first-order valence-corrected chi connectivity index (χ1v) is 5.16.